The second-order valence-corrected chi connectivity index (χ2v) is 6.00. The summed E-state index contributed by atoms with van der Waals surface area (Å²) in [6.45, 7) is 3.16. The number of ether oxygens (including phenoxy) is 1. The van der Waals surface area contributed by atoms with Gasteiger partial charge >= 0.3 is 0 Å². The summed E-state index contributed by atoms with van der Waals surface area (Å²) in [5.74, 6) is 0.874. The molecule has 0 atom stereocenters. The molecule has 0 saturated heterocycles. The molecule has 0 saturated carbocycles. The van der Waals surface area contributed by atoms with Crippen molar-refractivity contribution >= 4 is 23.2 Å². The molecule has 128 valence electrons. The zero-order valence-corrected chi connectivity index (χ0v) is 14.8. The summed E-state index contributed by atoms with van der Waals surface area (Å²) in [5, 5.41) is 6.86. The summed E-state index contributed by atoms with van der Waals surface area (Å²) >= 11 is 6.07. The molecule has 0 unspecified atom stereocenters. The first-order valence-electron chi connectivity index (χ1n) is 7.98. The van der Waals surface area contributed by atoms with E-state index in [9.17, 15) is 4.79 Å². The van der Waals surface area contributed by atoms with Gasteiger partial charge in [-0.3, -0.25) is 4.79 Å². The van der Waals surface area contributed by atoms with Crippen LogP contribution in [-0.2, 0) is 11.2 Å². The largest absolute Gasteiger partial charge is 0.497 e. The van der Waals surface area contributed by atoms with E-state index in [1.54, 1.807) is 7.11 Å². The van der Waals surface area contributed by atoms with Gasteiger partial charge in [0.05, 0.1) is 7.11 Å². The molecule has 24 heavy (non-hydrogen) atoms. The van der Waals surface area contributed by atoms with Crippen molar-refractivity contribution < 1.29 is 9.53 Å². The maximum absolute atomic E-state index is 11.8. The second-order valence-electron chi connectivity index (χ2n) is 5.59. The summed E-state index contributed by atoms with van der Waals surface area (Å²) < 4.78 is 5.12. The summed E-state index contributed by atoms with van der Waals surface area (Å²) in [6, 6.07) is 13.7. The highest BCUT2D eigenvalue weighted by molar-refractivity contribution is 6.31. The van der Waals surface area contributed by atoms with Crippen LogP contribution in [0.3, 0.4) is 0 Å². The fourth-order valence-corrected chi connectivity index (χ4v) is 2.43. The van der Waals surface area contributed by atoms with E-state index in [4.69, 9.17) is 16.3 Å². The minimum atomic E-state index is 0.0363. The number of aryl methyl sites for hydroxylation is 1. The van der Waals surface area contributed by atoms with Gasteiger partial charge < -0.3 is 15.4 Å². The molecule has 2 N–H and O–H groups in total. The number of methoxy groups -OCH3 is 1. The number of amides is 1. The van der Waals surface area contributed by atoms with Gasteiger partial charge in [0, 0.05) is 30.2 Å². The summed E-state index contributed by atoms with van der Waals surface area (Å²) in [6.07, 6.45) is 1.23. The normalized spacial score (nSPS) is 10.3. The lowest BCUT2D eigenvalue weighted by Crippen LogP contribution is -2.27. The van der Waals surface area contributed by atoms with Gasteiger partial charge in [0.15, 0.2) is 0 Å². The Morgan fingerprint density at radius 3 is 2.54 bits per heavy atom. The number of hydrogen-bond acceptors (Lipinski definition) is 3. The first kappa shape index (κ1) is 18.1. The topological polar surface area (TPSA) is 50.4 Å². The Bertz CT molecular complexity index is 672. The molecular weight excluding hydrogens is 324 g/mol. The van der Waals surface area contributed by atoms with Gasteiger partial charge in [-0.2, -0.15) is 0 Å². The van der Waals surface area contributed by atoms with Crippen LogP contribution in [0.1, 0.15) is 17.5 Å². The maximum Gasteiger partial charge on any atom is 0.221 e. The van der Waals surface area contributed by atoms with Crippen LogP contribution in [-0.4, -0.2) is 26.1 Å². The van der Waals surface area contributed by atoms with E-state index in [1.165, 1.54) is 5.56 Å². The third kappa shape index (κ3) is 5.78. The van der Waals surface area contributed by atoms with Crippen LogP contribution >= 0.6 is 11.6 Å². The first-order chi connectivity index (χ1) is 11.6. The van der Waals surface area contributed by atoms with Crippen molar-refractivity contribution in [2.75, 3.05) is 25.5 Å². The Kier molecular flexibility index (Phi) is 6.94. The number of carbonyl (C=O) groups excluding carboxylic acids is 1. The van der Waals surface area contributed by atoms with E-state index in [0.29, 0.717) is 19.5 Å². The Morgan fingerprint density at radius 2 is 1.88 bits per heavy atom. The zero-order chi connectivity index (χ0) is 17.4. The summed E-state index contributed by atoms with van der Waals surface area (Å²) in [5.41, 5.74) is 3.14. The molecule has 0 aliphatic rings. The minimum Gasteiger partial charge on any atom is -0.497 e. The quantitative estimate of drug-likeness (QED) is 0.764. The molecule has 0 aromatic heterocycles. The van der Waals surface area contributed by atoms with Crippen LogP contribution < -0.4 is 15.4 Å². The lowest BCUT2D eigenvalue weighted by molar-refractivity contribution is -0.120. The Labute approximate surface area is 148 Å². The minimum absolute atomic E-state index is 0.0363. The number of halogens is 1. The number of nitrogens with one attached hydrogen (secondary N) is 2. The van der Waals surface area contributed by atoms with Crippen LogP contribution in [0.15, 0.2) is 42.5 Å². The summed E-state index contributed by atoms with van der Waals surface area (Å²) in [7, 11) is 1.65. The lowest BCUT2D eigenvalue weighted by atomic mass is 10.1. The second kappa shape index (κ2) is 9.18. The maximum atomic E-state index is 11.8. The van der Waals surface area contributed by atoms with Crippen LogP contribution in [0.25, 0.3) is 0 Å². The number of hydrogen-bond donors (Lipinski definition) is 2. The smallest absolute Gasteiger partial charge is 0.221 e. The van der Waals surface area contributed by atoms with Crippen LogP contribution in [0, 0.1) is 6.92 Å². The van der Waals surface area contributed by atoms with Crippen molar-refractivity contribution in [2.24, 2.45) is 0 Å². The molecule has 0 heterocycles. The van der Waals surface area contributed by atoms with Gasteiger partial charge in [0.2, 0.25) is 5.91 Å². The highest BCUT2D eigenvalue weighted by atomic mass is 35.5. The van der Waals surface area contributed by atoms with E-state index in [0.717, 1.165) is 28.4 Å². The van der Waals surface area contributed by atoms with Crippen molar-refractivity contribution in [3.05, 3.63) is 58.6 Å². The third-order valence-corrected chi connectivity index (χ3v) is 4.16. The summed E-state index contributed by atoms with van der Waals surface area (Å²) in [4.78, 5) is 11.8. The molecule has 4 nitrogen and oxygen atoms in total. The van der Waals surface area contributed by atoms with E-state index < -0.39 is 0 Å². The first-order valence-corrected chi connectivity index (χ1v) is 8.36. The Morgan fingerprint density at radius 1 is 1.12 bits per heavy atom. The molecule has 0 aliphatic heterocycles. The predicted molar refractivity (Wildman–Crippen MR) is 99.0 cm³/mol. The molecule has 0 aliphatic carbocycles. The number of anilines is 1. The van der Waals surface area contributed by atoms with E-state index in [-0.39, 0.29) is 5.91 Å². The molecule has 0 spiro atoms. The predicted octanol–water partition coefficient (Wildman–Crippen LogP) is 3.82. The highest BCUT2D eigenvalue weighted by Crippen LogP contribution is 2.19. The standard InChI is InChI=1S/C19H23ClN2O2/c1-14-3-6-16(13-18(14)20)21-12-10-19(23)22-11-9-15-4-7-17(24-2)8-5-15/h3-8,13,21H,9-12H2,1-2H3,(H,22,23). The molecule has 0 bridgehead atoms. The monoisotopic (exact) mass is 346 g/mol. The fraction of sp³-hybridized carbons (Fsp3) is 0.316. The zero-order valence-electron chi connectivity index (χ0n) is 14.1. The van der Waals surface area contributed by atoms with Gasteiger partial charge in [-0.1, -0.05) is 29.8 Å². The number of benzene rings is 2. The van der Waals surface area contributed by atoms with Crippen LogP contribution in [0.5, 0.6) is 5.75 Å². The van der Waals surface area contributed by atoms with E-state index in [2.05, 4.69) is 10.6 Å². The van der Waals surface area contributed by atoms with E-state index >= 15 is 0 Å². The average molecular weight is 347 g/mol. The van der Waals surface area contributed by atoms with Crippen molar-refractivity contribution in [1.29, 1.82) is 0 Å². The number of carbonyl (C=O) groups is 1. The van der Waals surface area contributed by atoms with Crippen molar-refractivity contribution in [2.45, 2.75) is 19.8 Å². The van der Waals surface area contributed by atoms with Gasteiger partial charge in [0.1, 0.15) is 5.75 Å². The van der Waals surface area contributed by atoms with Gasteiger partial charge in [0.25, 0.3) is 0 Å². The molecule has 2 rings (SSSR count). The molecule has 1 amide bonds. The SMILES string of the molecule is COc1ccc(CCNC(=O)CCNc2ccc(C)c(Cl)c2)cc1. The van der Waals surface area contributed by atoms with Crippen molar-refractivity contribution in [3.8, 4) is 5.75 Å². The molecule has 2 aromatic rings. The molecular formula is C19H23ClN2O2. The Balaban J connectivity index is 1.64. The average Bonchev–Trinajstić information content (AvgIpc) is 2.59. The van der Waals surface area contributed by atoms with Crippen molar-refractivity contribution in [1.82, 2.24) is 5.32 Å². The molecule has 5 heteroatoms. The van der Waals surface area contributed by atoms with Crippen LogP contribution in [0.4, 0.5) is 5.69 Å². The van der Waals surface area contributed by atoms with E-state index in [1.807, 2.05) is 49.4 Å². The Hall–Kier alpha value is -2.20. The molecule has 0 radical (unpaired) electrons. The van der Waals surface area contributed by atoms with Crippen LogP contribution in [0.2, 0.25) is 5.02 Å². The third-order valence-electron chi connectivity index (χ3n) is 3.75. The molecule has 0 fully saturated rings. The molecule has 2 aromatic carbocycles. The number of rotatable bonds is 8. The van der Waals surface area contributed by atoms with Gasteiger partial charge in [-0.05, 0) is 48.7 Å². The van der Waals surface area contributed by atoms with Gasteiger partial charge in [-0.25, -0.2) is 0 Å². The fourth-order valence-electron chi connectivity index (χ4n) is 2.25. The van der Waals surface area contributed by atoms with Gasteiger partial charge in [-0.15, -0.1) is 0 Å². The lowest BCUT2D eigenvalue weighted by Gasteiger charge is -2.09. The van der Waals surface area contributed by atoms with Crippen molar-refractivity contribution in [3.63, 3.8) is 0 Å². The highest BCUT2D eigenvalue weighted by Gasteiger charge is 2.02.